The van der Waals surface area contributed by atoms with E-state index in [2.05, 4.69) is 29.3 Å². The molecule has 1 heterocycles. The molecule has 33 heavy (non-hydrogen) atoms. The molecule has 1 aromatic rings. The van der Waals surface area contributed by atoms with Gasteiger partial charge in [0.15, 0.2) is 11.9 Å². The fraction of sp³-hybridized carbons (Fsp3) is 0.926. The number of tetrazole rings is 1. The molecule has 0 amide bonds. The van der Waals surface area contributed by atoms with Crippen LogP contribution in [0, 0.1) is 0 Å². The summed E-state index contributed by atoms with van der Waals surface area (Å²) in [6.45, 7) is 4.51. The molecule has 0 aliphatic rings. The highest BCUT2D eigenvalue weighted by Crippen LogP contribution is 2.17. The molecule has 0 fully saturated rings. The third kappa shape index (κ3) is 15.9. The molecule has 0 saturated carbocycles. The third-order valence-electron chi connectivity index (χ3n) is 6.62. The van der Waals surface area contributed by atoms with Gasteiger partial charge in [-0.3, -0.25) is 0 Å². The van der Waals surface area contributed by atoms with Crippen LogP contribution >= 0.6 is 0 Å². The summed E-state index contributed by atoms with van der Waals surface area (Å²) in [6.07, 6.45) is 26.8. The van der Waals surface area contributed by atoms with Crippen molar-refractivity contribution in [2.24, 2.45) is 0 Å². The minimum atomic E-state index is -0.853. The largest absolute Gasteiger partial charge is 0.480 e. The van der Waals surface area contributed by atoms with E-state index >= 15 is 0 Å². The van der Waals surface area contributed by atoms with E-state index in [-0.39, 0.29) is 0 Å². The van der Waals surface area contributed by atoms with Gasteiger partial charge in [-0.25, -0.2) is 4.79 Å². The molecule has 1 unspecified atom stereocenters. The Hall–Kier alpha value is -1.46. The van der Waals surface area contributed by atoms with Crippen molar-refractivity contribution in [2.45, 2.75) is 161 Å². The van der Waals surface area contributed by atoms with Gasteiger partial charge in [-0.15, -0.1) is 15.0 Å². The number of carboxylic acid groups (broad SMARTS) is 1. The molecule has 0 aromatic carbocycles. The summed E-state index contributed by atoms with van der Waals surface area (Å²) in [5.74, 6) is -0.169. The molecule has 1 rings (SSSR count). The van der Waals surface area contributed by atoms with E-state index in [1.54, 1.807) is 0 Å². The molecule has 192 valence electrons. The average molecular weight is 465 g/mol. The quantitative estimate of drug-likeness (QED) is 0.156. The monoisotopic (exact) mass is 464 g/mol. The van der Waals surface area contributed by atoms with E-state index < -0.39 is 12.0 Å². The summed E-state index contributed by atoms with van der Waals surface area (Å²) in [4.78, 5) is 13.1. The zero-order chi connectivity index (χ0) is 24.0. The summed E-state index contributed by atoms with van der Waals surface area (Å²) >= 11 is 0. The van der Waals surface area contributed by atoms with E-state index in [9.17, 15) is 9.90 Å². The van der Waals surface area contributed by atoms with Crippen molar-refractivity contribution in [1.29, 1.82) is 0 Å². The number of aliphatic carboxylic acids is 1. The van der Waals surface area contributed by atoms with Crippen LogP contribution in [0.3, 0.4) is 0 Å². The first-order valence-electron chi connectivity index (χ1n) is 14.2. The molecule has 6 nitrogen and oxygen atoms in total. The van der Waals surface area contributed by atoms with Crippen LogP contribution in [0.2, 0.25) is 0 Å². The van der Waals surface area contributed by atoms with Crippen LogP contribution in [0.5, 0.6) is 0 Å². The van der Waals surface area contributed by atoms with Crippen molar-refractivity contribution in [1.82, 2.24) is 20.2 Å². The van der Waals surface area contributed by atoms with Gasteiger partial charge in [-0.05, 0) is 18.1 Å². The number of carboxylic acids is 1. The van der Waals surface area contributed by atoms with Gasteiger partial charge in [-0.2, -0.15) is 0 Å². The lowest BCUT2D eigenvalue weighted by molar-refractivity contribution is -0.141. The first-order chi connectivity index (χ1) is 16.2. The molecule has 0 radical (unpaired) electrons. The lowest BCUT2D eigenvalue weighted by Crippen LogP contribution is -2.21. The summed E-state index contributed by atoms with van der Waals surface area (Å²) in [5, 5.41) is 22.2. The van der Waals surface area contributed by atoms with Crippen LogP contribution in [0.4, 0.5) is 0 Å². The van der Waals surface area contributed by atoms with Gasteiger partial charge < -0.3 is 5.11 Å². The molecule has 0 saturated heterocycles. The number of carbonyl (C=O) groups is 1. The molecular formula is C27H52N4O2. The summed E-state index contributed by atoms with van der Waals surface area (Å²) in [5.41, 5.74) is 0. The Morgan fingerprint density at radius 1 is 0.697 bits per heavy atom. The molecule has 0 aliphatic carbocycles. The van der Waals surface area contributed by atoms with E-state index in [0.29, 0.717) is 12.2 Å². The zero-order valence-corrected chi connectivity index (χ0v) is 21.8. The lowest BCUT2D eigenvalue weighted by Gasteiger charge is -2.10. The van der Waals surface area contributed by atoms with Gasteiger partial charge >= 0.3 is 5.97 Å². The van der Waals surface area contributed by atoms with Gasteiger partial charge in [0.25, 0.3) is 0 Å². The lowest BCUT2D eigenvalue weighted by atomic mass is 10.0. The Morgan fingerprint density at radius 2 is 1.12 bits per heavy atom. The Bertz CT molecular complexity index is 576. The summed E-state index contributed by atoms with van der Waals surface area (Å²) in [7, 11) is 0. The Labute approximate surface area is 203 Å². The highest BCUT2D eigenvalue weighted by atomic mass is 16.4. The number of hydrogen-bond acceptors (Lipinski definition) is 4. The van der Waals surface area contributed by atoms with Gasteiger partial charge in [0.05, 0.1) is 0 Å². The van der Waals surface area contributed by atoms with Gasteiger partial charge in [-0.1, -0.05) is 136 Å². The second kappa shape index (κ2) is 21.1. The molecule has 0 bridgehead atoms. The highest BCUT2D eigenvalue weighted by molar-refractivity contribution is 5.71. The number of aromatic nitrogens is 4. The Kier molecular flexibility index (Phi) is 18.9. The zero-order valence-electron chi connectivity index (χ0n) is 21.8. The van der Waals surface area contributed by atoms with Gasteiger partial charge in [0.2, 0.25) is 0 Å². The molecular weight excluding hydrogens is 412 g/mol. The predicted molar refractivity (Wildman–Crippen MR) is 136 cm³/mol. The smallest absolute Gasteiger partial charge is 0.330 e. The third-order valence-corrected chi connectivity index (χ3v) is 6.62. The van der Waals surface area contributed by atoms with Crippen molar-refractivity contribution in [3.05, 3.63) is 5.82 Å². The normalized spacial score (nSPS) is 12.3. The molecule has 0 aliphatic heterocycles. The van der Waals surface area contributed by atoms with E-state index in [4.69, 9.17) is 0 Å². The first kappa shape index (κ1) is 29.6. The summed E-state index contributed by atoms with van der Waals surface area (Å²) in [6, 6.07) is -0.687. The van der Waals surface area contributed by atoms with E-state index in [1.807, 2.05) is 0 Å². The van der Waals surface area contributed by atoms with Crippen molar-refractivity contribution in [3.63, 3.8) is 0 Å². The average Bonchev–Trinajstić information content (AvgIpc) is 3.27. The van der Waals surface area contributed by atoms with Crippen molar-refractivity contribution >= 4 is 5.97 Å². The number of unbranched alkanes of at least 4 members (excludes halogenated alkanes) is 18. The number of aryl methyl sites for hydroxylation is 1. The van der Waals surface area contributed by atoms with Crippen LogP contribution < -0.4 is 0 Å². The van der Waals surface area contributed by atoms with Crippen LogP contribution in [-0.4, -0.2) is 31.3 Å². The van der Waals surface area contributed by atoms with Crippen molar-refractivity contribution in [3.8, 4) is 0 Å². The fourth-order valence-corrected chi connectivity index (χ4v) is 4.42. The van der Waals surface area contributed by atoms with Crippen molar-refractivity contribution < 1.29 is 9.90 Å². The topological polar surface area (TPSA) is 80.9 Å². The minimum absolute atomic E-state index is 0.583. The molecule has 1 aromatic heterocycles. The minimum Gasteiger partial charge on any atom is -0.480 e. The van der Waals surface area contributed by atoms with Gasteiger partial charge in [0, 0.05) is 6.42 Å². The van der Waals surface area contributed by atoms with Crippen LogP contribution in [0.15, 0.2) is 0 Å². The van der Waals surface area contributed by atoms with Crippen LogP contribution in [-0.2, 0) is 11.2 Å². The van der Waals surface area contributed by atoms with Crippen molar-refractivity contribution in [2.75, 3.05) is 0 Å². The van der Waals surface area contributed by atoms with Crippen LogP contribution in [0.1, 0.15) is 161 Å². The maximum Gasteiger partial charge on any atom is 0.330 e. The maximum atomic E-state index is 11.7. The van der Waals surface area contributed by atoms with E-state index in [1.165, 1.54) is 114 Å². The maximum absolute atomic E-state index is 11.7. The summed E-state index contributed by atoms with van der Waals surface area (Å²) < 4.78 is 0. The predicted octanol–water partition coefficient (Wildman–Crippen LogP) is 8.07. The SMILES string of the molecule is CCCCCCCCCCCCc1nnn(C(CCCCCCCCCCCC)C(=O)O)n1. The van der Waals surface area contributed by atoms with Gasteiger partial charge in [0.1, 0.15) is 0 Å². The highest BCUT2D eigenvalue weighted by Gasteiger charge is 2.22. The fourth-order valence-electron chi connectivity index (χ4n) is 4.42. The number of hydrogen-bond donors (Lipinski definition) is 1. The number of nitrogens with zero attached hydrogens (tertiary/aromatic N) is 4. The first-order valence-corrected chi connectivity index (χ1v) is 14.2. The number of rotatable bonds is 24. The Morgan fingerprint density at radius 3 is 1.58 bits per heavy atom. The standard InChI is InChI=1S/C27H52N4O2/c1-3-5-7-9-11-13-15-17-19-21-23-25(27(32)33)31-29-26(28-30-31)24-22-20-18-16-14-12-10-8-6-4-2/h25H,3-24H2,1-2H3,(H,32,33). The molecule has 6 heteroatoms. The molecule has 0 spiro atoms. The molecule has 1 atom stereocenters. The molecule has 1 N–H and O–H groups in total. The van der Waals surface area contributed by atoms with Crippen LogP contribution in [0.25, 0.3) is 0 Å². The second-order valence-electron chi connectivity index (χ2n) is 9.78. The second-order valence-corrected chi connectivity index (χ2v) is 9.78. The Balaban J connectivity index is 2.12. The van der Waals surface area contributed by atoms with E-state index in [0.717, 1.165) is 25.7 Å².